The minimum absolute atomic E-state index is 0.707. The minimum Gasteiger partial charge on any atom is -0.228 e. The molecule has 0 N–H and O–H groups in total. The molecule has 48 heavy (non-hydrogen) atoms. The van der Waals surface area contributed by atoms with Crippen LogP contribution in [0.5, 0.6) is 0 Å². The lowest BCUT2D eigenvalue weighted by molar-refractivity contribution is 1.18. The Labute approximate surface area is 279 Å². The van der Waals surface area contributed by atoms with Crippen molar-refractivity contribution in [3.63, 3.8) is 0 Å². The van der Waals surface area contributed by atoms with Gasteiger partial charge in [0, 0.05) is 16.7 Å². The third kappa shape index (κ3) is 4.83. The van der Waals surface area contributed by atoms with Crippen molar-refractivity contribution in [3.8, 4) is 56.2 Å². The van der Waals surface area contributed by atoms with Gasteiger partial charge in [-0.1, -0.05) is 170 Å². The summed E-state index contributed by atoms with van der Waals surface area (Å²) < 4.78 is 0. The first kappa shape index (κ1) is 27.9. The van der Waals surface area contributed by atoms with E-state index in [0.29, 0.717) is 5.82 Å². The Balaban J connectivity index is 1.28. The van der Waals surface area contributed by atoms with Gasteiger partial charge in [0.1, 0.15) is 0 Å². The number of hydrogen-bond acceptors (Lipinski definition) is 2. The maximum atomic E-state index is 5.13. The van der Waals surface area contributed by atoms with Crippen molar-refractivity contribution in [1.82, 2.24) is 9.97 Å². The predicted octanol–water partition coefficient (Wildman–Crippen LogP) is 12.3. The van der Waals surface area contributed by atoms with Crippen molar-refractivity contribution in [2.45, 2.75) is 0 Å². The molecule has 8 aromatic carbocycles. The van der Waals surface area contributed by atoms with Crippen molar-refractivity contribution in [2.24, 2.45) is 0 Å². The van der Waals surface area contributed by atoms with Crippen molar-refractivity contribution in [1.29, 1.82) is 0 Å². The van der Waals surface area contributed by atoms with E-state index in [2.05, 4.69) is 170 Å². The van der Waals surface area contributed by atoms with Crippen molar-refractivity contribution >= 4 is 32.3 Å². The zero-order valence-corrected chi connectivity index (χ0v) is 26.2. The van der Waals surface area contributed by atoms with E-state index in [-0.39, 0.29) is 0 Å². The summed E-state index contributed by atoms with van der Waals surface area (Å²) in [6, 6.07) is 64.5. The molecular formula is C46H30N2. The monoisotopic (exact) mass is 610 g/mol. The van der Waals surface area contributed by atoms with Gasteiger partial charge in [0.25, 0.3) is 0 Å². The van der Waals surface area contributed by atoms with Gasteiger partial charge in [-0.05, 0) is 66.7 Å². The van der Waals surface area contributed by atoms with Gasteiger partial charge in [-0.15, -0.1) is 0 Å². The molecular weight excluding hydrogens is 581 g/mol. The van der Waals surface area contributed by atoms with Crippen molar-refractivity contribution < 1.29 is 0 Å². The fraction of sp³-hybridized carbons (Fsp3) is 0. The van der Waals surface area contributed by atoms with E-state index in [4.69, 9.17) is 9.97 Å². The molecule has 9 rings (SSSR count). The molecule has 9 aromatic rings. The molecule has 0 bridgehead atoms. The molecule has 2 heteroatoms. The highest BCUT2D eigenvalue weighted by Crippen LogP contribution is 2.45. The summed E-state index contributed by atoms with van der Waals surface area (Å²) in [7, 11) is 0. The van der Waals surface area contributed by atoms with Crippen LogP contribution in [-0.2, 0) is 0 Å². The number of rotatable bonds is 5. The molecule has 0 aliphatic heterocycles. The lowest BCUT2D eigenvalue weighted by Crippen LogP contribution is -1.96. The second kappa shape index (κ2) is 11.8. The standard InChI is InChI=1S/C46H30N2/c1-3-16-32(17-4-1)42-30-43(33-18-5-2-6-19-33)48-46(47-42)35-22-13-21-34(29-35)44-38-24-9-11-26-40(38)45(41-27-12-10-25-39(41)44)37-28-14-20-31-15-7-8-23-36(31)37/h1-30H. The van der Waals surface area contributed by atoms with Crippen LogP contribution in [0.15, 0.2) is 182 Å². The quantitative estimate of drug-likeness (QED) is 0.181. The Morgan fingerprint density at radius 1 is 0.292 bits per heavy atom. The van der Waals surface area contributed by atoms with Gasteiger partial charge < -0.3 is 0 Å². The molecule has 0 saturated heterocycles. The first-order valence-electron chi connectivity index (χ1n) is 16.3. The van der Waals surface area contributed by atoms with Crippen molar-refractivity contribution in [2.75, 3.05) is 0 Å². The van der Waals surface area contributed by atoms with Crippen LogP contribution in [-0.4, -0.2) is 9.97 Å². The maximum Gasteiger partial charge on any atom is 0.160 e. The van der Waals surface area contributed by atoms with E-state index in [1.54, 1.807) is 0 Å². The van der Waals surface area contributed by atoms with Gasteiger partial charge >= 0.3 is 0 Å². The molecule has 1 aromatic heterocycles. The number of fused-ring (bicyclic) bond motifs is 3. The molecule has 0 fully saturated rings. The molecule has 0 spiro atoms. The topological polar surface area (TPSA) is 25.8 Å². The number of nitrogens with zero attached hydrogens (tertiary/aromatic N) is 2. The summed E-state index contributed by atoms with van der Waals surface area (Å²) in [5, 5.41) is 7.42. The van der Waals surface area contributed by atoms with Crippen LogP contribution in [0.3, 0.4) is 0 Å². The zero-order chi connectivity index (χ0) is 31.9. The molecule has 0 amide bonds. The molecule has 224 valence electrons. The fourth-order valence-electron chi connectivity index (χ4n) is 7.08. The molecule has 0 unspecified atom stereocenters. The molecule has 0 aliphatic rings. The zero-order valence-electron chi connectivity index (χ0n) is 26.2. The Morgan fingerprint density at radius 3 is 1.33 bits per heavy atom. The summed E-state index contributed by atoms with van der Waals surface area (Å²) >= 11 is 0. The lowest BCUT2D eigenvalue weighted by atomic mass is 9.84. The lowest BCUT2D eigenvalue weighted by Gasteiger charge is -2.19. The first-order chi connectivity index (χ1) is 23.8. The smallest absolute Gasteiger partial charge is 0.160 e. The second-order valence-corrected chi connectivity index (χ2v) is 12.1. The number of benzene rings is 8. The molecule has 0 radical (unpaired) electrons. The van der Waals surface area contributed by atoms with Crippen LogP contribution < -0.4 is 0 Å². The maximum absolute atomic E-state index is 5.13. The third-order valence-corrected chi connectivity index (χ3v) is 9.27. The predicted molar refractivity (Wildman–Crippen MR) is 202 cm³/mol. The summed E-state index contributed by atoms with van der Waals surface area (Å²) in [4.78, 5) is 10.3. The Kier molecular flexibility index (Phi) is 6.84. The van der Waals surface area contributed by atoms with Gasteiger partial charge in [0.2, 0.25) is 0 Å². The van der Waals surface area contributed by atoms with Crippen LogP contribution in [0.1, 0.15) is 0 Å². The Hall–Kier alpha value is -6.38. The molecule has 0 saturated carbocycles. The minimum atomic E-state index is 0.707. The van der Waals surface area contributed by atoms with E-state index in [0.717, 1.165) is 33.6 Å². The van der Waals surface area contributed by atoms with Crippen LogP contribution in [0.2, 0.25) is 0 Å². The van der Waals surface area contributed by atoms with E-state index in [1.807, 2.05) is 12.1 Å². The molecule has 0 atom stereocenters. The SMILES string of the molecule is c1ccc(-c2cc(-c3ccccc3)nc(-c3cccc(-c4c5ccccc5c(-c5cccc6ccccc56)c5ccccc45)c3)n2)cc1. The van der Waals surface area contributed by atoms with E-state index in [1.165, 1.54) is 49.0 Å². The number of aromatic nitrogens is 2. The third-order valence-electron chi connectivity index (χ3n) is 9.27. The highest BCUT2D eigenvalue weighted by Gasteiger charge is 2.19. The van der Waals surface area contributed by atoms with Crippen molar-refractivity contribution in [3.05, 3.63) is 182 Å². The van der Waals surface area contributed by atoms with Gasteiger partial charge in [-0.25, -0.2) is 9.97 Å². The summed E-state index contributed by atoms with van der Waals surface area (Å²) in [5.74, 6) is 0.707. The first-order valence-corrected chi connectivity index (χ1v) is 16.3. The van der Waals surface area contributed by atoms with E-state index >= 15 is 0 Å². The molecule has 1 heterocycles. The average Bonchev–Trinajstić information content (AvgIpc) is 3.17. The summed E-state index contributed by atoms with van der Waals surface area (Å²) in [6.07, 6.45) is 0. The van der Waals surface area contributed by atoms with Crippen LogP contribution in [0.25, 0.3) is 88.5 Å². The van der Waals surface area contributed by atoms with Crippen LogP contribution in [0, 0.1) is 0 Å². The van der Waals surface area contributed by atoms with E-state index < -0.39 is 0 Å². The normalized spacial score (nSPS) is 11.3. The largest absolute Gasteiger partial charge is 0.228 e. The number of hydrogen-bond donors (Lipinski definition) is 0. The van der Waals surface area contributed by atoms with Gasteiger partial charge in [0.15, 0.2) is 5.82 Å². The van der Waals surface area contributed by atoms with Gasteiger partial charge in [-0.3, -0.25) is 0 Å². The van der Waals surface area contributed by atoms with Crippen LogP contribution in [0.4, 0.5) is 0 Å². The van der Waals surface area contributed by atoms with E-state index in [9.17, 15) is 0 Å². The average molecular weight is 611 g/mol. The van der Waals surface area contributed by atoms with Gasteiger partial charge in [-0.2, -0.15) is 0 Å². The van der Waals surface area contributed by atoms with Gasteiger partial charge in [0.05, 0.1) is 11.4 Å². The summed E-state index contributed by atoms with van der Waals surface area (Å²) in [5.41, 5.74) is 9.79. The fourth-order valence-corrected chi connectivity index (χ4v) is 7.08. The summed E-state index contributed by atoms with van der Waals surface area (Å²) in [6.45, 7) is 0. The highest BCUT2D eigenvalue weighted by atomic mass is 14.9. The Bertz CT molecular complexity index is 2490. The van der Waals surface area contributed by atoms with Crippen LogP contribution >= 0.6 is 0 Å². The molecule has 0 aliphatic carbocycles. The molecule has 2 nitrogen and oxygen atoms in total. The second-order valence-electron chi connectivity index (χ2n) is 12.1. The Morgan fingerprint density at radius 2 is 0.729 bits per heavy atom. The highest BCUT2D eigenvalue weighted by molar-refractivity contribution is 6.23.